The first-order chi connectivity index (χ1) is 9.35. The Morgan fingerprint density at radius 3 is 2.35 bits per heavy atom. The van der Waals surface area contributed by atoms with Crippen LogP contribution in [0.4, 0.5) is 23.2 Å². The first-order valence-corrected chi connectivity index (χ1v) is 6.55. The Bertz CT molecular complexity index is 610. The highest BCUT2D eigenvalue weighted by molar-refractivity contribution is 7.99. The molecule has 6 heteroatoms. The fraction of sp³-hybridized carbons (Fsp3) is 0.143. The van der Waals surface area contributed by atoms with E-state index in [-0.39, 0.29) is 5.69 Å². The average Bonchev–Trinajstić information content (AvgIpc) is 2.34. The Balaban J connectivity index is 2.27. The van der Waals surface area contributed by atoms with E-state index < -0.39 is 12.1 Å². The van der Waals surface area contributed by atoms with Gasteiger partial charge in [-0.05, 0) is 36.8 Å². The van der Waals surface area contributed by atoms with Gasteiger partial charge in [0.15, 0.2) is 0 Å². The van der Waals surface area contributed by atoms with Crippen molar-refractivity contribution < 1.29 is 17.6 Å². The zero-order valence-corrected chi connectivity index (χ0v) is 11.3. The van der Waals surface area contributed by atoms with Crippen molar-refractivity contribution in [2.45, 2.75) is 23.0 Å². The summed E-state index contributed by atoms with van der Waals surface area (Å²) in [5, 5.41) is 1.44. The van der Waals surface area contributed by atoms with E-state index in [4.69, 9.17) is 0 Å². The van der Waals surface area contributed by atoms with Crippen molar-refractivity contribution in [1.82, 2.24) is 0 Å². The van der Waals surface area contributed by atoms with Gasteiger partial charge in [-0.3, -0.25) is 5.32 Å². The second-order valence-corrected chi connectivity index (χ2v) is 5.22. The molecular formula is C14H11F4NS. The molecule has 0 amide bonds. The van der Waals surface area contributed by atoms with Gasteiger partial charge in [-0.15, -0.1) is 0 Å². The van der Waals surface area contributed by atoms with Crippen LogP contribution < -0.4 is 5.32 Å². The van der Waals surface area contributed by atoms with Crippen LogP contribution in [0.3, 0.4) is 0 Å². The summed E-state index contributed by atoms with van der Waals surface area (Å²) in [6, 6.07) is 10.4. The van der Waals surface area contributed by atoms with E-state index in [9.17, 15) is 17.6 Å². The molecule has 1 N–H and O–H groups in total. The largest absolute Gasteiger partial charge is 0.482 e. The van der Waals surface area contributed by atoms with Crippen molar-refractivity contribution in [1.29, 1.82) is 0 Å². The fourth-order valence-electron chi connectivity index (χ4n) is 1.60. The lowest BCUT2D eigenvalue weighted by Gasteiger charge is -2.13. The van der Waals surface area contributed by atoms with Gasteiger partial charge in [-0.2, -0.15) is 13.2 Å². The zero-order chi connectivity index (χ0) is 14.8. The predicted molar refractivity (Wildman–Crippen MR) is 71.4 cm³/mol. The number of benzene rings is 2. The standard InChI is InChI=1S/C14H11F4NS/c1-9-6-7-10(19-14(16,17)18)8-13(9)20-12-5-3-2-4-11(12)15/h2-8,19H,1H3. The monoisotopic (exact) mass is 301 g/mol. The normalized spacial score (nSPS) is 11.4. The number of alkyl halides is 3. The molecule has 2 rings (SSSR count). The van der Waals surface area contributed by atoms with Crippen molar-refractivity contribution in [3.63, 3.8) is 0 Å². The van der Waals surface area contributed by atoms with Crippen LogP contribution in [0.25, 0.3) is 0 Å². The first-order valence-electron chi connectivity index (χ1n) is 5.73. The quantitative estimate of drug-likeness (QED) is 0.616. The molecule has 2 aromatic carbocycles. The molecule has 0 radical (unpaired) electrons. The molecule has 0 atom stereocenters. The second-order valence-electron chi connectivity index (χ2n) is 4.14. The number of rotatable bonds is 3. The number of anilines is 1. The first kappa shape index (κ1) is 14.7. The molecule has 0 heterocycles. The minimum atomic E-state index is -4.49. The Hall–Kier alpha value is -1.69. The SMILES string of the molecule is Cc1ccc(NC(F)(F)F)cc1Sc1ccccc1F. The Labute approximate surface area is 118 Å². The molecule has 0 aliphatic heterocycles. The van der Waals surface area contributed by atoms with Crippen molar-refractivity contribution in [3.8, 4) is 0 Å². The maximum absolute atomic E-state index is 13.6. The van der Waals surface area contributed by atoms with Gasteiger partial charge in [0.05, 0.1) is 0 Å². The fourth-order valence-corrected chi connectivity index (χ4v) is 2.56. The van der Waals surface area contributed by atoms with E-state index >= 15 is 0 Å². The molecule has 2 aromatic rings. The molecule has 0 aromatic heterocycles. The van der Waals surface area contributed by atoms with Crippen LogP contribution in [0.2, 0.25) is 0 Å². The van der Waals surface area contributed by atoms with Crippen LogP contribution in [0, 0.1) is 12.7 Å². The molecule has 20 heavy (non-hydrogen) atoms. The summed E-state index contributed by atoms with van der Waals surface area (Å²) < 4.78 is 50.4. The highest BCUT2D eigenvalue weighted by Gasteiger charge is 2.27. The molecular weight excluding hydrogens is 290 g/mol. The molecule has 0 unspecified atom stereocenters. The van der Waals surface area contributed by atoms with E-state index in [1.807, 2.05) is 0 Å². The molecule has 0 saturated heterocycles. The summed E-state index contributed by atoms with van der Waals surface area (Å²) in [7, 11) is 0. The summed E-state index contributed by atoms with van der Waals surface area (Å²) in [6.07, 6.45) is -4.49. The van der Waals surface area contributed by atoms with Crippen LogP contribution in [0.5, 0.6) is 0 Å². The lowest BCUT2D eigenvalue weighted by atomic mass is 10.2. The van der Waals surface area contributed by atoms with Gasteiger partial charge in [-0.25, -0.2) is 4.39 Å². The van der Waals surface area contributed by atoms with E-state index in [1.165, 1.54) is 23.5 Å². The Kier molecular flexibility index (Phi) is 4.23. The van der Waals surface area contributed by atoms with Crippen LogP contribution in [0.1, 0.15) is 5.56 Å². The van der Waals surface area contributed by atoms with Gasteiger partial charge < -0.3 is 0 Å². The van der Waals surface area contributed by atoms with Crippen molar-refractivity contribution >= 4 is 17.4 Å². The minimum Gasteiger partial charge on any atom is -0.297 e. The minimum absolute atomic E-state index is 0.0676. The van der Waals surface area contributed by atoms with Gasteiger partial charge in [0.1, 0.15) is 5.82 Å². The van der Waals surface area contributed by atoms with Gasteiger partial charge in [0, 0.05) is 15.5 Å². The van der Waals surface area contributed by atoms with E-state index in [2.05, 4.69) is 0 Å². The van der Waals surface area contributed by atoms with Crippen LogP contribution in [0.15, 0.2) is 52.3 Å². The molecule has 0 aliphatic rings. The average molecular weight is 301 g/mol. The van der Waals surface area contributed by atoms with Crippen LogP contribution in [-0.2, 0) is 0 Å². The second kappa shape index (κ2) is 5.75. The van der Waals surface area contributed by atoms with Gasteiger partial charge in [0.2, 0.25) is 0 Å². The molecule has 0 bridgehead atoms. The zero-order valence-electron chi connectivity index (χ0n) is 10.5. The third-order valence-electron chi connectivity index (χ3n) is 2.53. The molecule has 0 spiro atoms. The van der Waals surface area contributed by atoms with Gasteiger partial charge in [-0.1, -0.05) is 30.0 Å². The lowest BCUT2D eigenvalue weighted by Crippen LogP contribution is -2.20. The smallest absolute Gasteiger partial charge is 0.297 e. The predicted octanol–water partition coefficient (Wildman–Crippen LogP) is 5.22. The maximum Gasteiger partial charge on any atom is 0.482 e. The number of nitrogens with one attached hydrogen (secondary N) is 1. The highest BCUT2D eigenvalue weighted by atomic mass is 32.2. The molecule has 0 aliphatic carbocycles. The lowest BCUT2D eigenvalue weighted by molar-refractivity contribution is -0.0999. The summed E-state index contributed by atoms with van der Waals surface area (Å²) in [4.78, 5) is 0.948. The van der Waals surface area contributed by atoms with E-state index in [0.29, 0.717) is 9.79 Å². The highest BCUT2D eigenvalue weighted by Crippen LogP contribution is 2.34. The molecule has 0 fully saturated rings. The number of aryl methyl sites for hydroxylation is 1. The summed E-state index contributed by atoms with van der Waals surface area (Å²) in [6.45, 7) is 1.76. The van der Waals surface area contributed by atoms with Gasteiger partial charge >= 0.3 is 6.30 Å². The molecule has 106 valence electrons. The Morgan fingerprint density at radius 2 is 1.70 bits per heavy atom. The van der Waals surface area contributed by atoms with Crippen LogP contribution >= 0.6 is 11.8 Å². The Morgan fingerprint density at radius 1 is 1.00 bits per heavy atom. The summed E-state index contributed by atoms with van der Waals surface area (Å²) in [5.41, 5.74) is 0.716. The topological polar surface area (TPSA) is 12.0 Å². The molecule has 0 saturated carbocycles. The number of halogens is 4. The van der Waals surface area contributed by atoms with Crippen molar-refractivity contribution in [3.05, 3.63) is 53.8 Å². The van der Waals surface area contributed by atoms with E-state index in [1.54, 1.807) is 31.2 Å². The third kappa shape index (κ3) is 3.90. The van der Waals surface area contributed by atoms with E-state index in [0.717, 1.165) is 17.3 Å². The summed E-state index contributed by atoms with van der Waals surface area (Å²) >= 11 is 1.10. The maximum atomic E-state index is 13.6. The van der Waals surface area contributed by atoms with Crippen molar-refractivity contribution in [2.24, 2.45) is 0 Å². The number of hydrogen-bond donors (Lipinski definition) is 1. The van der Waals surface area contributed by atoms with Gasteiger partial charge in [0.25, 0.3) is 0 Å². The third-order valence-corrected chi connectivity index (χ3v) is 3.74. The summed E-state index contributed by atoms with van der Waals surface area (Å²) in [5.74, 6) is -0.397. The van der Waals surface area contributed by atoms with Crippen LogP contribution in [-0.4, -0.2) is 6.30 Å². The number of hydrogen-bond acceptors (Lipinski definition) is 2. The van der Waals surface area contributed by atoms with Crippen molar-refractivity contribution in [2.75, 3.05) is 5.32 Å². The molecule has 1 nitrogen and oxygen atoms in total.